The number of phenolic OH excluding ortho intramolecular Hbond substituents is 1. The minimum atomic E-state index is -1.01. The Bertz CT molecular complexity index is 436. The topological polar surface area (TPSA) is 77.8 Å². The SMILES string of the molecule is CC(=O)SCCC(O)C(O)c1cc(C)c(O)c(C)c1. The molecule has 0 aromatic heterocycles. The Morgan fingerprint density at radius 1 is 1.26 bits per heavy atom. The van der Waals surface area contributed by atoms with E-state index in [0.717, 1.165) is 11.8 Å². The molecule has 5 heteroatoms. The minimum Gasteiger partial charge on any atom is -0.507 e. The Hall–Kier alpha value is -1.04. The van der Waals surface area contributed by atoms with Gasteiger partial charge >= 0.3 is 0 Å². The van der Waals surface area contributed by atoms with E-state index in [4.69, 9.17) is 0 Å². The van der Waals surface area contributed by atoms with Crippen LogP contribution >= 0.6 is 11.8 Å². The van der Waals surface area contributed by atoms with E-state index in [2.05, 4.69) is 0 Å². The molecule has 0 bridgehead atoms. The average molecular weight is 284 g/mol. The molecule has 3 N–H and O–H groups in total. The van der Waals surface area contributed by atoms with Crippen LogP contribution in [0.25, 0.3) is 0 Å². The van der Waals surface area contributed by atoms with Crippen LogP contribution in [0.2, 0.25) is 0 Å². The number of hydrogen-bond donors (Lipinski definition) is 3. The van der Waals surface area contributed by atoms with Gasteiger partial charge in [0.15, 0.2) is 5.12 Å². The number of aromatic hydroxyl groups is 1. The summed E-state index contributed by atoms with van der Waals surface area (Å²) < 4.78 is 0. The molecular weight excluding hydrogens is 264 g/mol. The summed E-state index contributed by atoms with van der Waals surface area (Å²) >= 11 is 1.13. The van der Waals surface area contributed by atoms with E-state index in [0.29, 0.717) is 28.9 Å². The van der Waals surface area contributed by atoms with Crippen molar-refractivity contribution in [2.24, 2.45) is 0 Å². The third kappa shape index (κ3) is 4.53. The fraction of sp³-hybridized carbons (Fsp3) is 0.500. The van der Waals surface area contributed by atoms with Gasteiger partial charge in [0.1, 0.15) is 11.9 Å². The normalized spacial score (nSPS) is 14.2. The van der Waals surface area contributed by atoms with Crippen molar-refractivity contribution in [3.8, 4) is 5.75 Å². The maximum Gasteiger partial charge on any atom is 0.185 e. The highest BCUT2D eigenvalue weighted by Gasteiger charge is 2.19. The molecule has 0 heterocycles. The molecule has 2 unspecified atom stereocenters. The van der Waals surface area contributed by atoms with Crippen LogP contribution < -0.4 is 0 Å². The molecule has 0 aliphatic rings. The molecule has 0 fully saturated rings. The maximum absolute atomic E-state index is 10.8. The lowest BCUT2D eigenvalue weighted by Gasteiger charge is -2.19. The van der Waals surface area contributed by atoms with Gasteiger partial charge in [-0.1, -0.05) is 11.8 Å². The van der Waals surface area contributed by atoms with E-state index in [1.54, 1.807) is 26.0 Å². The highest BCUT2D eigenvalue weighted by Crippen LogP contribution is 2.28. The number of aryl methyl sites for hydroxylation is 2. The van der Waals surface area contributed by atoms with Crippen molar-refractivity contribution in [3.05, 3.63) is 28.8 Å². The second-order valence-electron chi connectivity index (χ2n) is 4.64. The standard InChI is InChI=1S/C14H20O4S/c1-8-6-11(7-9(2)13(8)17)14(18)12(16)4-5-19-10(3)15/h6-7,12,14,16-18H,4-5H2,1-3H3. The zero-order valence-electron chi connectivity index (χ0n) is 11.4. The Balaban J connectivity index is 2.71. The van der Waals surface area contributed by atoms with E-state index >= 15 is 0 Å². The largest absolute Gasteiger partial charge is 0.507 e. The highest BCUT2D eigenvalue weighted by atomic mass is 32.2. The predicted molar refractivity (Wildman–Crippen MR) is 76.3 cm³/mol. The first-order valence-electron chi connectivity index (χ1n) is 6.12. The zero-order chi connectivity index (χ0) is 14.6. The summed E-state index contributed by atoms with van der Waals surface area (Å²) in [5.41, 5.74) is 1.91. The smallest absolute Gasteiger partial charge is 0.185 e. The number of carbonyl (C=O) groups is 1. The Labute approximate surface area is 117 Å². The van der Waals surface area contributed by atoms with Gasteiger partial charge in [-0.15, -0.1) is 0 Å². The Morgan fingerprint density at radius 3 is 2.26 bits per heavy atom. The third-order valence-corrected chi connectivity index (χ3v) is 3.78. The highest BCUT2D eigenvalue weighted by molar-refractivity contribution is 8.13. The summed E-state index contributed by atoms with van der Waals surface area (Å²) in [6, 6.07) is 3.32. The molecule has 1 aromatic rings. The van der Waals surface area contributed by atoms with Crippen molar-refractivity contribution in [2.45, 2.75) is 39.4 Å². The van der Waals surface area contributed by atoms with Crippen LogP contribution in [-0.4, -0.2) is 32.3 Å². The second kappa shape index (κ2) is 6.93. The van der Waals surface area contributed by atoms with Gasteiger partial charge in [-0.25, -0.2) is 0 Å². The molecule has 0 radical (unpaired) electrons. The molecule has 2 atom stereocenters. The number of carbonyl (C=O) groups excluding carboxylic acids is 1. The first-order valence-corrected chi connectivity index (χ1v) is 7.11. The number of rotatable bonds is 5. The summed E-state index contributed by atoms with van der Waals surface area (Å²) in [4.78, 5) is 10.8. The Kier molecular flexibility index (Phi) is 5.85. The lowest BCUT2D eigenvalue weighted by atomic mass is 9.98. The van der Waals surface area contributed by atoms with Crippen LogP contribution in [0.3, 0.4) is 0 Å². The van der Waals surface area contributed by atoms with E-state index in [-0.39, 0.29) is 10.9 Å². The zero-order valence-corrected chi connectivity index (χ0v) is 12.2. The molecule has 1 aromatic carbocycles. The fourth-order valence-corrected chi connectivity index (χ4v) is 2.51. The van der Waals surface area contributed by atoms with Crippen LogP contribution in [0.5, 0.6) is 5.75 Å². The van der Waals surface area contributed by atoms with Gasteiger partial charge < -0.3 is 15.3 Å². The van der Waals surface area contributed by atoms with Crippen LogP contribution in [0, 0.1) is 13.8 Å². The molecule has 4 nitrogen and oxygen atoms in total. The summed E-state index contributed by atoms with van der Waals surface area (Å²) in [5, 5.41) is 29.6. The first kappa shape index (κ1) is 16.0. The van der Waals surface area contributed by atoms with Crippen LogP contribution in [0.1, 0.15) is 36.1 Å². The third-order valence-electron chi connectivity index (χ3n) is 2.94. The van der Waals surface area contributed by atoms with E-state index in [1.807, 2.05) is 0 Å². The van der Waals surface area contributed by atoms with Gasteiger partial charge in [-0.2, -0.15) is 0 Å². The molecule has 1 rings (SSSR count). The van der Waals surface area contributed by atoms with Crippen molar-refractivity contribution in [1.82, 2.24) is 0 Å². The van der Waals surface area contributed by atoms with Gasteiger partial charge in [-0.05, 0) is 49.1 Å². The van der Waals surface area contributed by atoms with Gasteiger partial charge in [-0.3, -0.25) is 4.79 Å². The van der Waals surface area contributed by atoms with Gasteiger partial charge in [0.05, 0.1) is 6.10 Å². The van der Waals surface area contributed by atoms with E-state index < -0.39 is 12.2 Å². The van der Waals surface area contributed by atoms with Gasteiger partial charge in [0, 0.05) is 12.7 Å². The number of aliphatic hydroxyl groups is 2. The molecule has 0 saturated carbocycles. The predicted octanol–water partition coefficient (Wildman–Crippen LogP) is 2.07. The number of hydrogen-bond acceptors (Lipinski definition) is 5. The quantitative estimate of drug-likeness (QED) is 0.771. The molecule has 0 amide bonds. The summed E-state index contributed by atoms with van der Waals surface area (Å²) in [6.45, 7) is 4.97. The molecule has 0 aliphatic carbocycles. The van der Waals surface area contributed by atoms with Gasteiger partial charge in [0.2, 0.25) is 0 Å². The molecule has 106 valence electrons. The second-order valence-corrected chi connectivity index (χ2v) is 5.92. The van der Waals surface area contributed by atoms with Crippen molar-refractivity contribution < 1.29 is 20.1 Å². The van der Waals surface area contributed by atoms with Crippen LogP contribution in [0.4, 0.5) is 0 Å². The number of aliphatic hydroxyl groups excluding tert-OH is 2. The Morgan fingerprint density at radius 2 is 1.79 bits per heavy atom. The monoisotopic (exact) mass is 284 g/mol. The minimum absolute atomic E-state index is 0.00184. The van der Waals surface area contributed by atoms with Crippen molar-refractivity contribution >= 4 is 16.9 Å². The maximum atomic E-state index is 10.8. The number of thioether (sulfide) groups is 1. The average Bonchev–Trinajstić information content (AvgIpc) is 2.33. The number of phenols is 1. The molecule has 0 saturated heterocycles. The lowest BCUT2D eigenvalue weighted by molar-refractivity contribution is -0.109. The molecule has 0 spiro atoms. The summed E-state index contributed by atoms with van der Waals surface area (Å²) in [5.74, 6) is 0.682. The molecule has 19 heavy (non-hydrogen) atoms. The summed E-state index contributed by atoms with van der Waals surface area (Å²) in [6.07, 6.45) is -1.59. The van der Waals surface area contributed by atoms with Crippen molar-refractivity contribution in [1.29, 1.82) is 0 Å². The van der Waals surface area contributed by atoms with E-state index in [9.17, 15) is 20.1 Å². The number of benzene rings is 1. The van der Waals surface area contributed by atoms with Crippen LogP contribution in [0.15, 0.2) is 12.1 Å². The van der Waals surface area contributed by atoms with E-state index in [1.165, 1.54) is 6.92 Å². The van der Waals surface area contributed by atoms with Crippen molar-refractivity contribution in [3.63, 3.8) is 0 Å². The molecular formula is C14H20O4S. The van der Waals surface area contributed by atoms with Gasteiger partial charge in [0.25, 0.3) is 0 Å². The molecule has 0 aliphatic heterocycles. The van der Waals surface area contributed by atoms with Crippen LogP contribution in [-0.2, 0) is 4.79 Å². The first-order chi connectivity index (χ1) is 8.82. The van der Waals surface area contributed by atoms with Crippen molar-refractivity contribution in [2.75, 3.05) is 5.75 Å². The lowest BCUT2D eigenvalue weighted by Crippen LogP contribution is -2.19. The fourth-order valence-electron chi connectivity index (χ4n) is 1.86. The summed E-state index contributed by atoms with van der Waals surface area (Å²) in [7, 11) is 0.